The quantitative estimate of drug-likeness (QED) is 0.885. The monoisotopic (exact) mass is 326 g/mol. The molecule has 1 N–H and O–H groups in total. The van der Waals surface area contributed by atoms with Crippen LogP contribution in [0.5, 0.6) is 0 Å². The van der Waals surface area contributed by atoms with Crippen LogP contribution >= 0.6 is 11.6 Å². The highest BCUT2D eigenvalue weighted by Gasteiger charge is 2.15. The smallest absolute Gasteiger partial charge is 0.135 e. The van der Waals surface area contributed by atoms with E-state index in [9.17, 15) is 0 Å². The molecule has 1 atom stereocenters. The van der Waals surface area contributed by atoms with Crippen LogP contribution in [0.4, 0.5) is 0 Å². The minimum Gasteiger partial charge on any atom is -1.00 e. The fraction of sp³-hybridized carbons (Fsp3) is 0.375. The fourth-order valence-electron chi connectivity index (χ4n) is 2.44. The summed E-state index contributed by atoms with van der Waals surface area (Å²) in [5, 5.41) is 4.08. The second kappa shape index (κ2) is 7.85. The molecular formula is C16H18Cl2NO2-. The number of furan rings is 1. The van der Waals surface area contributed by atoms with Gasteiger partial charge in [0.2, 0.25) is 0 Å². The first-order chi connectivity index (χ1) is 9.83. The number of halogens is 2. The van der Waals surface area contributed by atoms with E-state index in [1.165, 1.54) is 6.42 Å². The summed E-state index contributed by atoms with van der Waals surface area (Å²) in [7, 11) is 0. The lowest BCUT2D eigenvalue weighted by atomic mass is 10.2. The number of nitrogens with one attached hydrogen (secondary N) is 1. The highest BCUT2D eigenvalue weighted by molar-refractivity contribution is 6.33. The Bertz CT molecular complexity index is 565. The number of hydrogen-bond donors (Lipinski definition) is 1. The van der Waals surface area contributed by atoms with E-state index in [2.05, 4.69) is 5.32 Å². The standard InChI is InChI=1S/C16H18ClNO2.ClH/c17-15-6-2-1-5-14(15)16-8-7-13(20-16)11-18-10-12-4-3-9-19-12;/h1-2,5-8,12,18H,3-4,9-11H2;1H/p-1. The fourth-order valence-corrected chi connectivity index (χ4v) is 2.67. The van der Waals surface area contributed by atoms with E-state index < -0.39 is 0 Å². The van der Waals surface area contributed by atoms with Crippen molar-refractivity contribution in [2.75, 3.05) is 13.2 Å². The highest BCUT2D eigenvalue weighted by atomic mass is 35.5. The van der Waals surface area contributed by atoms with Crippen LogP contribution in [0, 0.1) is 0 Å². The first-order valence-electron chi connectivity index (χ1n) is 6.99. The molecule has 1 aromatic carbocycles. The second-order valence-electron chi connectivity index (χ2n) is 5.01. The molecule has 1 fully saturated rings. The van der Waals surface area contributed by atoms with Crippen LogP contribution in [0.3, 0.4) is 0 Å². The van der Waals surface area contributed by atoms with E-state index >= 15 is 0 Å². The lowest BCUT2D eigenvalue weighted by Gasteiger charge is -2.09. The first-order valence-corrected chi connectivity index (χ1v) is 7.36. The normalized spacial score (nSPS) is 17.7. The third kappa shape index (κ3) is 4.24. The summed E-state index contributed by atoms with van der Waals surface area (Å²) in [4.78, 5) is 0. The Labute approximate surface area is 136 Å². The molecule has 3 nitrogen and oxygen atoms in total. The van der Waals surface area contributed by atoms with Gasteiger partial charge in [0.25, 0.3) is 0 Å². The largest absolute Gasteiger partial charge is 1.00 e. The molecule has 0 amide bonds. The molecule has 0 saturated carbocycles. The maximum Gasteiger partial charge on any atom is 0.135 e. The summed E-state index contributed by atoms with van der Waals surface area (Å²) in [6.07, 6.45) is 2.67. The summed E-state index contributed by atoms with van der Waals surface area (Å²) in [5.41, 5.74) is 0.930. The van der Waals surface area contributed by atoms with Crippen molar-refractivity contribution >= 4 is 11.6 Å². The van der Waals surface area contributed by atoms with Gasteiger partial charge in [-0.2, -0.15) is 0 Å². The van der Waals surface area contributed by atoms with Gasteiger partial charge in [-0.25, -0.2) is 0 Å². The zero-order chi connectivity index (χ0) is 13.8. The van der Waals surface area contributed by atoms with Crippen LogP contribution in [-0.2, 0) is 11.3 Å². The van der Waals surface area contributed by atoms with Crippen molar-refractivity contribution in [3.8, 4) is 11.3 Å². The molecule has 2 aromatic rings. The van der Waals surface area contributed by atoms with Crippen LogP contribution in [0.2, 0.25) is 5.02 Å². The minimum absolute atomic E-state index is 0. The molecule has 1 saturated heterocycles. The van der Waals surface area contributed by atoms with Crippen molar-refractivity contribution in [3.05, 3.63) is 47.2 Å². The Morgan fingerprint density at radius 1 is 1.19 bits per heavy atom. The van der Waals surface area contributed by atoms with Gasteiger partial charge in [-0.1, -0.05) is 23.7 Å². The molecule has 5 heteroatoms. The SMILES string of the molecule is Clc1ccccc1-c1ccc(CNCC2CCCO2)o1.[Cl-]. The predicted molar refractivity (Wildman–Crippen MR) is 79.8 cm³/mol. The average Bonchev–Trinajstić information content (AvgIpc) is 3.11. The zero-order valence-corrected chi connectivity index (χ0v) is 13.2. The summed E-state index contributed by atoms with van der Waals surface area (Å²) in [6.45, 7) is 2.48. The number of ether oxygens (including phenoxy) is 1. The molecule has 0 aliphatic carbocycles. The Morgan fingerprint density at radius 2 is 2.05 bits per heavy atom. The van der Waals surface area contributed by atoms with Crippen molar-refractivity contribution in [1.82, 2.24) is 5.32 Å². The van der Waals surface area contributed by atoms with E-state index in [0.29, 0.717) is 17.7 Å². The lowest BCUT2D eigenvalue weighted by Crippen LogP contribution is -3.00. The molecule has 0 bridgehead atoms. The van der Waals surface area contributed by atoms with E-state index in [4.69, 9.17) is 20.8 Å². The lowest BCUT2D eigenvalue weighted by molar-refractivity contribution is -0.00000590. The Kier molecular flexibility index (Phi) is 6.12. The van der Waals surface area contributed by atoms with E-state index in [0.717, 1.165) is 36.7 Å². The number of rotatable bonds is 5. The summed E-state index contributed by atoms with van der Waals surface area (Å²) in [5.74, 6) is 1.72. The Hall–Kier alpha value is -1.00. The van der Waals surface area contributed by atoms with E-state index in [1.54, 1.807) is 0 Å². The van der Waals surface area contributed by atoms with Crippen molar-refractivity contribution < 1.29 is 21.6 Å². The van der Waals surface area contributed by atoms with E-state index in [-0.39, 0.29) is 12.4 Å². The molecule has 114 valence electrons. The van der Waals surface area contributed by atoms with Gasteiger partial charge in [-0.15, -0.1) is 0 Å². The third-order valence-corrected chi connectivity index (χ3v) is 3.83. The summed E-state index contributed by atoms with van der Waals surface area (Å²) >= 11 is 6.17. The zero-order valence-electron chi connectivity index (χ0n) is 11.6. The number of hydrogen-bond acceptors (Lipinski definition) is 3. The molecule has 1 aromatic heterocycles. The summed E-state index contributed by atoms with van der Waals surface area (Å²) in [6, 6.07) is 11.7. The molecule has 1 aliphatic heterocycles. The van der Waals surface area contributed by atoms with Gasteiger partial charge >= 0.3 is 0 Å². The maximum atomic E-state index is 6.17. The third-order valence-electron chi connectivity index (χ3n) is 3.50. The van der Waals surface area contributed by atoms with Gasteiger partial charge in [0.15, 0.2) is 0 Å². The Morgan fingerprint density at radius 3 is 2.81 bits per heavy atom. The minimum atomic E-state index is 0. The van der Waals surface area contributed by atoms with Crippen molar-refractivity contribution in [1.29, 1.82) is 0 Å². The molecule has 1 unspecified atom stereocenters. The first kappa shape index (κ1) is 16.4. The van der Waals surface area contributed by atoms with Crippen LogP contribution in [0.1, 0.15) is 18.6 Å². The van der Waals surface area contributed by atoms with Gasteiger partial charge in [0.1, 0.15) is 11.5 Å². The van der Waals surface area contributed by atoms with Gasteiger partial charge in [0.05, 0.1) is 17.7 Å². The topological polar surface area (TPSA) is 34.4 Å². The maximum absolute atomic E-state index is 6.17. The van der Waals surface area contributed by atoms with Crippen molar-refractivity contribution in [2.45, 2.75) is 25.5 Å². The number of benzene rings is 1. The van der Waals surface area contributed by atoms with Crippen molar-refractivity contribution in [2.24, 2.45) is 0 Å². The molecule has 2 heterocycles. The summed E-state index contributed by atoms with van der Waals surface area (Å²) < 4.78 is 11.4. The predicted octanol–water partition coefficient (Wildman–Crippen LogP) is 0.873. The van der Waals surface area contributed by atoms with Crippen LogP contribution in [-0.4, -0.2) is 19.3 Å². The van der Waals surface area contributed by atoms with Crippen LogP contribution < -0.4 is 17.7 Å². The molecular weight excluding hydrogens is 309 g/mol. The van der Waals surface area contributed by atoms with Gasteiger partial charge in [0, 0.05) is 18.7 Å². The van der Waals surface area contributed by atoms with E-state index in [1.807, 2.05) is 36.4 Å². The Balaban J connectivity index is 0.00000161. The van der Waals surface area contributed by atoms with Crippen molar-refractivity contribution in [3.63, 3.8) is 0 Å². The molecule has 21 heavy (non-hydrogen) atoms. The molecule has 3 rings (SSSR count). The van der Waals surface area contributed by atoms with Crippen LogP contribution in [0.25, 0.3) is 11.3 Å². The van der Waals surface area contributed by atoms with Gasteiger partial charge < -0.3 is 26.9 Å². The van der Waals surface area contributed by atoms with Gasteiger partial charge in [-0.3, -0.25) is 0 Å². The molecule has 0 spiro atoms. The molecule has 1 aliphatic rings. The second-order valence-corrected chi connectivity index (χ2v) is 5.42. The van der Waals surface area contributed by atoms with Gasteiger partial charge in [-0.05, 0) is 37.1 Å². The molecule has 0 radical (unpaired) electrons. The highest BCUT2D eigenvalue weighted by Crippen LogP contribution is 2.28. The van der Waals surface area contributed by atoms with Crippen LogP contribution in [0.15, 0.2) is 40.8 Å². The average molecular weight is 327 g/mol.